The fourth-order valence-electron chi connectivity index (χ4n) is 2.55. The molecule has 0 bridgehead atoms. The molecule has 25 heavy (non-hydrogen) atoms. The molecule has 2 aromatic heterocycles. The normalized spacial score (nSPS) is 10.4. The zero-order chi connectivity index (χ0) is 17.8. The molecule has 124 valence electrons. The van der Waals surface area contributed by atoms with Crippen LogP contribution in [0.2, 0.25) is 0 Å². The van der Waals surface area contributed by atoms with Gasteiger partial charge in [0.15, 0.2) is 5.69 Å². The van der Waals surface area contributed by atoms with E-state index in [1.54, 1.807) is 13.0 Å². The van der Waals surface area contributed by atoms with E-state index in [0.29, 0.717) is 23.3 Å². The largest absolute Gasteiger partial charge is 0.360 e. The Hall–Kier alpha value is -3.39. The molecule has 0 fully saturated rings. The van der Waals surface area contributed by atoms with Gasteiger partial charge in [0.25, 0.3) is 5.56 Å². The molecule has 0 unspecified atom stereocenters. The fourth-order valence-corrected chi connectivity index (χ4v) is 2.55. The van der Waals surface area contributed by atoms with Crippen LogP contribution < -0.4 is 5.56 Å². The Morgan fingerprint density at radius 3 is 2.72 bits per heavy atom. The first-order chi connectivity index (χ1) is 12.1. The van der Waals surface area contributed by atoms with Crippen LogP contribution in [-0.2, 0) is 13.0 Å². The highest BCUT2D eigenvalue weighted by molar-refractivity contribution is 5.95. The van der Waals surface area contributed by atoms with Crippen LogP contribution in [0.4, 0.5) is 0 Å². The molecule has 0 aliphatic rings. The summed E-state index contributed by atoms with van der Waals surface area (Å²) in [7, 11) is 0. The lowest BCUT2D eigenvalue weighted by molar-refractivity contribution is 0.0961. The smallest absolute Gasteiger partial charge is 0.251 e. The van der Waals surface area contributed by atoms with E-state index < -0.39 is 0 Å². The zero-order valence-electron chi connectivity index (χ0n) is 13.7. The van der Waals surface area contributed by atoms with Crippen LogP contribution in [0.1, 0.15) is 32.9 Å². The van der Waals surface area contributed by atoms with E-state index >= 15 is 0 Å². The number of benzene rings is 1. The van der Waals surface area contributed by atoms with Crippen LogP contribution in [0.15, 0.2) is 58.0 Å². The average Bonchev–Trinajstić information content (AvgIpc) is 2.98. The van der Waals surface area contributed by atoms with E-state index in [9.17, 15) is 9.59 Å². The van der Waals surface area contributed by atoms with E-state index in [-0.39, 0.29) is 23.6 Å². The number of ketones is 1. The Morgan fingerprint density at radius 1 is 1.24 bits per heavy atom. The maximum atomic E-state index is 12.5. The first-order valence-electron chi connectivity index (χ1n) is 7.78. The minimum atomic E-state index is -0.295. The zero-order valence-corrected chi connectivity index (χ0v) is 13.7. The second kappa shape index (κ2) is 7.02. The molecular formula is C20H16N2O3. The third-order valence-electron chi connectivity index (χ3n) is 3.96. The molecule has 0 saturated heterocycles. The minimum absolute atomic E-state index is 0.132. The lowest BCUT2D eigenvalue weighted by atomic mass is 10.1. The number of hydrogen-bond donors (Lipinski definition) is 0. The van der Waals surface area contributed by atoms with Crippen molar-refractivity contribution in [2.75, 3.05) is 0 Å². The quantitative estimate of drug-likeness (QED) is 0.532. The molecule has 0 saturated carbocycles. The Balaban J connectivity index is 1.82. The van der Waals surface area contributed by atoms with Crippen molar-refractivity contribution in [2.45, 2.75) is 19.9 Å². The number of terminal acetylenes is 1. The van der Waals surface area contributed by atoms with Gasteiger partial charge in [-0.25, -0.2) is 0 Å². The standard InChI is InChI=1S/C20H16N2O3/c1-3-15-9-10-19(24)22(12-15)13-17(23)20-14(2)18(25-21-20)11-16-7-5-4-6-8-16/h1,4-10,12H,11,13H2,2H3. The van der Waals surface area contributed by atoms with Crippen molar-refractivity contribution in [3.8, 4) is 12.3 Å². The maximum absolute atomic E-state index is 12.5. The summed E-state index contributed by atoms with van der Waals surface area (Å²) < 4.78 is 6.62. The number of aromatic nitrogens is 2. The molecule has 3 rings (SSSR count). The van der Waals surface area contributed by atoms with Gasteiger partial charge in [-0.2, -0.15) is 0 Å². The van der Waals surface area contributed by atoms with Crippen molar-refractivity contribution in [3.05, 3.63) is 87.2 Å². The lowest BCUT2D eigenvalue weighted by Crippen LogP contribution is -2.23. The Morgan fingerprint density at radius 2 is 2.00 bits per heavy atom. The Kier molecular flexibility index (Phi) is 4.62. The molecule has 0 aliphatic carbocycles. The molecule has 0 amide bonds. The van der Waals surface area contributed by atoms with E-state index in [1.807, 2.05) is 30.3 Å². The second-order valence-corrected chi connectivity index (χ2v) is 5.69. The monoisotopic (exact) mass is 332 g/mol. The molecule has 2 heterocycles. The van der Waals surface area contributed by atoms with Crippen LogP contribution >= 0.6 is 0 Å². The van der Waals surface area contributed by atoms with E-state index in [0.717, 1.165) is 5.56 Å². The lowest BCUT2D eigenvalue weighted by Gasteiger charge is -2.04. The van der Waals surface area contributed by atoms with E-state index in [4.69, 9.17) is 10.9 Å². The molecular weight excluding hydrogens is 316 g/mol. The van der Waals surface area contributed by atoms with Crippen molar-refractivity contribution in [3.63, 3.8) is 0 Å². The van der Waals surface area contributed by atoms with Crippen LogP contribution in [0.3, 0.4) is 0 Å². The average molecular weight is 332 g/mol. The van der Waals surface area contributed by atoms with Gasteiger partial charge in [-0.15, -0.1) is 6.42 Å². The predicted octanol–water partition coefficient (Wildman–Crippen LogP) is 2.60. The summed E-state index contributed by atoms with van der Waals surface area (Å²) in [6.07, 6.45) is 7.38. The van der Waals surface area contributed by atoms with Gasteiger partial charge >= 0.3 is 0 Å². The molecule has 0 radical (unpaired) electrons. The summed E-state index contributed by atoms with van der Waals surface area (Å²) in [4.78, 5) is 24.4. The van der Waals surface area contributed by atoms with Crippen molar-refractivity contribution in [1.29, 1.82) is 0 Å². The Bertz CT molecular complexity index is 1010. The maximum Gasteiger partial charge on any atom is 0.251 e. The second-order valence-electron chi connectivity index (χ2n) is 5.69. The molecule has 0 spiro atoms. The third-order valence-corrected chi connectivity index (χ3v) is 3.96. The number of rotatable bonds is 5. The summed E-state index contributed by atoms with van der Waals surface area (Å²) in [6, 6.07) is 12.7. The number of carbonyl (C=O) groups excluding carboxylic acids is 1. The molecule has 0 N–H and O–H groups in total. The highest BCUT2D eigenvalue weighted by atomic mass is 16.5. The van der Waals surface area contributed by atoms with Crippen LogP contribution in [0.25, 0.3) is 0 Å². The topological polar surface area (TPSA) is 65.1 Å². The van der Waals surface area contributed by atoms with Crippen LogP contribution in [-0.4, -0.2) is 15.5 Å². The molecule has 5 heteroatoms. The summed E-state index contributed by atoms with van der Waals surface area (Å²) in [5, 5.41) is 3.90. The molecule has 0 atom stereocenters. The number of pyridine rings is 1. The SMILES string of the molecule is C#Cc1ccc(=O)n(CC(=O)c2noc(Cc3ccccc3)c2C)c1. The van der Waals surface area contributed by atoms with E-state index in [2.05, 4.69) is 11.1 Å². The number of carbonyl (C=O) groups is 1. The molecule has 1 aromatic carbocycles. The van der Waals surface area contributed by atoms with Gasteiger partial charge < -0.3 is 9.09 Å². The molecule has 3 aromatic rings. The first kappa shape index (κ1) is 16.5. The van der Waals surface area contributed by atoms with Gasteiger partial charge in [0.2, 0.25) is 5.78 Å². The molecule has 0 aliphatic heterocycles. The predicted molar refractivity (Wildman–Crippen MR) is 93.5 cm³/mol. The number of Topliss-reactive ketones (excluding diaryl/α,β-unsaturated/α-hetero) is 1. The van der Waals surface area contributed by atoms with Crippen molar-refractivity contribution >= 4 is 5.78 Å². The van der Waals surface area contributed by atoms with Crippen LogP contribution in [0.5, 0.6) is 0 Å². The van der Waals surface area contributed by atoms with Gasteiger partial charge in [0.1, 0.15) is 5.76 Å². The highest BCUT2D eigenvalue weighted by Gasteiger charge is 2.19. The summed E-state index contributed by atoms with van der Waals surface area (Å²) >= 11 is 0. The number of nitrogens with zero attached hydrogens (tertiary/aromatic N) is 2. The minimum Gasteiger partial charge on any atom is -0.360 e. The summed E-state index contributed by atoms with van der Waals surface area (Å²) in [6.45, 7) is 1.66. The van der Waals surface area contributed by atoms with Gasteiger partial charge in [0.05, 0.1) is 6.54 Å². The van der Waals surface area contributed by atoms with Crippen molar-refractivity contribution in [1.82, 2.24) is 9.72 Å². The van der Waals surface area contributed by atoms with Gasteiger partial charge in [-0.05, 0) is 18.6 Å². The third kappa shape index (κ3) is 3.59. The fraction of sp³-hybridized carbons (Fsp3) is 0.150. The number of hydrogen-bond acceptors (Lipinski definition) is 4. The van der Waals surface area contributed by atoms with Crippen LogP contribution in [0, 0.1) is 19.3 Å². The van der Waals surface area contributed by atoms with E-state index in [1.165, 1.54) is 16.8 Å². The van der Waals surface area contributed by atoms with Gasteiger partial charge in [-0.3, -0.25) is 9.59 Å². The van der Waals surface area contributed by atoms with Gasteiger partial charge in [0, 0.05) is 29.8 Å². The highest BCUT2D eigenvalue weighted by Crippen LogP contribution is 2.18. The Labute approximate surface area is 144 Å². The summed E-state index contributed by atoms with van der Waals surface area (Å²) in [5.74, 6) is 2.79. The van der Waals surface area contributed by atoms with Crippen molar-refractivity contribution in [2.24, 2.45) is 0 Å². The summed E-state index contributed by atoms with van der Waals surface area (Å²) in [5.41, 5.74) is 2.24. The molecule has 5 nitrogen and oxygen atoms in total. The first-order valence-corrected chi connectivity index (χ1v) is 7.78. The van der Waals surface area contributed by atoms with Crippen molar-refractivity contribution < 1.29 is 9.32 Å². The van der Waals surface area contributed by atoms with Gasteiger partial charge in [-0.1, -0.05) is 41.4 Å².